The maximum Gasteiger partial charge on any atom is 0.282 e. The molecule has 0 aliphatic heterocycles. The van der Waals surface area contributed by atoms with Crippen molar-refractivity contribution in [2.45, 2.75) is 0 Å². The zero-order chi connectivity index (χ0) is 8.27. The summed E-state index contributed by atoms with van der Waals surface area (Å²) in [5.74, 6) is -0.305. The Labute approximate surface area is 60.0 Å². The van der Waals surface area contributed by atoms with Crippen molar-refractivity contribution in [3.8, 4) is 6.07 Å². The Hall–Kier alpha value is -2.17. The van der Waals surface area contributed by atoms with E-state index in [0.29, 0.717) is 0 Å². The van der Waals surface area contributed by atoms with Gasteiger partial charge in [0.2, 0.25) is 0 Å². The first-order valence-corrected chi connectivity index (χ1v) is 2.46. The second kappa shape index (κ2) is 2.61. The van der Waals surface area contributed by atoms with Crippen LogP contribution in [0.25, 0.3) is 0 Å². The Morgan fingerprint density at radius 2 is 2.55 bits per heavy atom. The van der Waals surface area contributed by atoms with E-state index in [2.05, 4.69) is 15.2 Å². The van der Waals surface area contributed by atoms with Crippen molar-refractivity contribution in [3.63, 3.8) is 0 Å². The van der Waals surface area contributed by atoms with Gasteiger partial charge in [-0.1, -0.05) is 5.43 Å². The van der Waals surface area contributed by atoms with Gasteiger partial charge in [-0.15, -0.1) is 5.10 Å². The summed E-state index contributed by atoms with van der Waals surface area (Å²) < 4.78 is 0. The fraction of sp³-hybridized carbons (Fsp3) is 0. The van der Waals surface area contributed by atoms with Crippen LogP contribution >= 0.6 is 0 Å². The maximum atomic E-state index is 9.79. The number of nitrogens with zero attached hydrogens (tertiary/aromatic N) is 4. The van der Waals surface area contributed by atoms with Gasteiger partial charge in [0.15, 0.2) is 5.03 Å². The number of hydrazine groups is 1. The molecule has 0 saturated heterocycles. The minimum Gasteiger partial charge on any atom is -0.240 e. The second-order valence-electron chi connectivity index (χ2n) is 1.49. The minimum absolute atomic E-state index is 0.144. The van der Waals surface area contributed by atoms with Crippen LogP contribution in [0.4, 0.5) is 5.95 Å². The van der Waals surface area contributed by atoms with Crippen LogP contribution in [0.15, 0.2) is 0 Å². The molecule has 0 aromatic carbocycles. The van der Waals surface area contributed by atoms with Crippen LogP contribution in [0.5, 0.6) is 0 Å². The average molecular weight is 154 g/mol. The summed E-state index contributed by atoms with van der Waals surface area (Å²) in [6, 6.07) is 1.60. The average Bonchev–Trinajstić information content (AvgIpc) is 2.34. The number of aromatic amines is 1. The molecule has 0 unspecified atom stereocenters. The molecule has 1 heterocycles. The molecule has 2 N–H and O–H groups in total. The highest BCUT2D eigenvalue weighted by Gasteiger charge is 2.04. The van der Waals surface area contributed by atoms with E-state index >= 15 is 0 Å². The van der Waals surface area contributed by atoms with Gasteiger partial charge in [0.05, 0.1) is 0 Å². The summed E-state index contributed by atoms with van der Waals surface area (Å²) in [4.78, 5) is 13.2. The number of hydrogen-bond donors (Lipinski definition) is 2. The molecule has 0 fully saturated rings. The molecule has 56 valence electrons. The summed E-state index contributed by atoms with van der Waals surface area (Å²) in [6.45, 7) is 0. The molecule has 0 spiro atoms. The van der Waals surface area contributed by atoms with Crippen molar-refractivity contribution >= 4 is 5.95 Å². The molecule has 1 rings (SSSR count). The number of hydrogen-bond acceptors (Lipinski definition) is 5. The van der Waals surface area contributed by atoms with Crippen molar-refractivity contribution in [2.75, 3.05) is 5.43 Å². The number of H-pyrrole nitrogens is 1. The van der Waals surface area contributed by atoms with E-state index in [1.165, 1.54) is 0 Å². The molecule has 8 heteroatoms. The molecule has 8 nitrogen and oxygen atoms in total. The Kier molecular flexibility index (Phi) is 1.65. The first kappa shape index (κ1) is 6.94. The molecule has 0 atom stereocenters. The van der Waals surface area contributed by atoms with Gasteiger partial charge in [0, 0.05) is 0 Å². The molecule has 1 aromatic heterocycles. The lowest BCUT2D eigenvalue weighted by atomic mass is 10.7. The van der Waals surface area contributed by atoms with Gasteiger partial charge in [-0.2, -0.15) is 10.2 Å². The number of nitrogens with one attached hydrogen (secondary N) is 2. The van der Waals surface area contributed by atoms with Gasteiger partial charge in [0.25, 0.3) is 11.8 Å². The molecular formula is C3H2N6O2. The lowest BCUT2D eigenvalue weighted by Gasteiger charge is -1.85. The third kappa shape index (κ3) is 1.62. The lowest BCUT2D eigenvalue weighted by Crippen LogP contribution is -2.08. The first-order valence-electron chi connectivity index (χ1n) is 2.46. The molecule has 0 amide bonds. The van der Waals surface area contributed by atoms with Crippen molar-refractivity contribution in [3.05, 3.63) is 15.9 Å². The van der Waals surface area contributed by atoms with Gasteiger partial charge in [0.1, 0.15) is 6.07 Å². The first-order chi connectivity index (χ1) is 5.22. The Bertz CT molecular complexity index is 310. The van der Waals surface area contributed by atoms with E-state index in [1.54, 1.807) is 11.5 Å². The SMILES string of the molecule is N#Cc1n[nH]c(N[N+](=O)[O-])n1. The Morgan fingerprint density at radius 1 is 1.82 bits per heavy atom. The fourth-order valence-electron chi connectivity index (χ4n) is 0.448. The van der Waals surface area contributed by atoms with E-state index in [0.717, 1.165) is 0 Å². The summed E-state index contributed by atoms with van der Waals surface area (Å²) in [5, 5.41) is 22.7. The number of nitro groups is 1. The van der Waals surface area contributed by atoms with Gasteiger partial charge in [-0.25, -0.2) is 15.2 Å². The molecule has 11 heavy (non-hydrogen) atoms. The lowest BCUT2D eigenvalue weighted by molar-refractivity contribution is -0.446. The van der Waals surface area contributed by atoms with Crippen LogP contribution < -0.4 is 5.43 Å². The number of anilines is 1. The number of aromatic nitrogens is 3. The highest BCUT2D eigenvalue weighted by molar-refractivity contribution is 5.22. The number of rotatable bonds is 2. The highest BCUT2D eigenvalue weighted by atomic mass is 16.7. The maximum absolute atomic E-state index is 9.79. The van der Waals surface area contributed by atoms with E-state index < -0.39 is 5.03 Å². The predicted octanol–water partition coefficient (Wildman–Crippen LogP) is -0.720. The third-order valence-corrected chi connectivity index (χ3v) is 0.783. The van der Waals surface area contributed by atoms with Gasteiger partial charge in [-0.3, -0.25) is 0 Å². The van der Waals surface area contributed by atoms with E-state index in [1.807, 2.05) is 0 Å². The largest absolute Gasteiger partial charge is 0.282 e. The second-order valence-corrected chi connectivity index (χ2v) is 1.49. The van der Waals surface area contributed by atoms with Crippen molar-refractivity contribution < 1.29 is 5.03 Å². The smallest absolute Gasteiger partial charge is 0.240 e. The predicted molar refractivity (Wildman–Crippen MR) is 31.7 cm³/mol. The molecule has 1 aromatic rings. The van der Waals surface area contributed by atoms with Gasteiger partial charge >= 0.3 is 0 Å². The fourth-order valence-corrected chi connectivity index (χ4v) is 0.448. The molecule has 0 saturated carbocycles. The van der Waals surface area contributed by atoms with Crippen LogP contribution in [-0.4, -0.2) is 20.2 Å². The standard InChI is InChI=1S/C3H2N6O2/c4-1-2-5-3(7-6-2)8-9(10)11/h(H2,5,6,7,8). The van der Waals surface area contributed by atoms with Crippen LogP contribution in [0.3, 0.4) is 0 Å². The van der Waals surface area contributed by atoms with Crippen LogP contribution in [-0.2, 0) is 0 Å². The minimum atomic E-state index is -0.804. The van der Waals surface area contributed by atoms with Crippen molar-refractivity contribution in [1.82, 2.24) is 15.2 Å². The quantitative estimate of drug-likeness (QED) is 0.428. The van der Waals surface area contributed by atoms with E-state index in [4.69, 9.17) is 5.26 Å². The third-order valence-electron chi connectivity index (χ3n) is 0.783. The Morgan fingerprint density at radius 3 is 3.00 bits per heavy atom. The normalized spacial score (nSPS) is 8.64. The summed E-state index contributed by atoms with van der Waals surface area (Å²) in [7, 11) is 0. The van der Waals surface area contributed by atoms with Crippen LogP contribution in [0, 0.1) is 21.4 Å². The van der Waals surface area contributed by atoms with Gasteiger partial charge in [-0.05, 0) is 0 Å². The molecule has 0 bridgehead atoms. The number of nitriles is 1. The van der Waals surface area contributed by atoms with E-state index in [9.17, 15) is 10.1 Å². The molecule has 0 aliphatic rings. The zero-order valence-electron chi connectivity index (χ0n) is 5.11. The monoisotopic (exact) mass is 154 g/mol. The highest BCUT2D eigenvalue weighted by Crippen LogP contribution is 1.95. The summed E-state index contributed by atoms with van der Waals surface area (Å²) in [6.07, 6.45) is 0. The van der Waals surface area contributed by atoms with Gasteiger partial charge < -0.3 is 0 Å². The van der Waals surface area contributed by atoms with Crippen molar-refractivity contribution in [2.24, 2.45) is 0 Å². The Balaban J connectivity index is 2.75. The molecule has 0 radical (unpaired) electrons. The topological polar surface area (TPSA) is 121 Å². The van der Waals surface area contributed by atoms with E-state index in [-0.39, 0.29) is 11.8 Å². The molecular weight excluding hydrogens is 152 g/mol. The van der Waals surface area contributed by atoms with Crippen LogP contribution in [0.1, 0.15) is 5.82 Å². The summed E-state index contributed by atoms with van der Waals surface area (Å²) in [5.41, 5.74) is 1.70. The molecule has 0 aliphatic carbocycles. The van der Waals surface area contributed by atoms with Crippen molar-refractivity contribution in [1.29, 1.82) is 5.26 Å². The van der Waals surface area contributed by atoms with Crippen LogP contribution in [0.2, 0.25) is 0 Å². The zero-order valence-corrected chi connectivity index (χ0v) is 5.11. The summed E-state index contributed by atoms with van der Waals surface area (Å²) >= 11 is 0.